The van der Waals surface area contributed by atoms with Crippen LogP contribution in [-0.4, -0.2) is 50.6 Å². The zero-order chi connectivity index (χ0) is 17.5. The first-order valence-corrected chi connectivity index (χ1v) is 8.83. The lowest BCUT2D eigenvalue weighted by atomic mass is 10.2. The van der Waals surface area contributed by atoms with Gasteiger partial charge < -0.3 is 20.4 Å². The van der Waals surface area contributed by atoms with E-state index in [4.69, 9.17) is 0 Å². The molecule has 0 aliphatic carbocycles. The molecule has 5 nitrogen and oxygen atoms in total. The van der Waals surface area contributed by atoms with Crippen molar-refractivity contribution >= 4 is 23.0 Å². The Kier molecular flexibility index (Phi) is 5.90. The van der Waals surface area contributed by atoms with Gasteiger partial charge in [-0.15, -0.1) is 0 Å². The summed E-state index contributed by atoms with van der Waals surface area (Å²) < 4.78 is 0. The molecule has 5 heteroatoms. The van der Waals surface area contributed by atoms with E-state index in [1.807, 2.05) is 42.5 Å². The number of likely N-dealkylation sites (N-methyl/N-ethyl adjacent to an activating group) is 1. The molecular formula is C20H26N4O. The lowest BCUT2D eigenvalue weighted by Gasteiger charge is -2.34. The summed E-state index contributed by atoms with van der Waals surface area (Å²) in [7, 11) is 2.16. The minimum atomic E-state index is 0.0239. The summed E-state index contributed by atoms with van der Waals surface area (Å²) in [5.74, 6) is 0.0239. The minimum absolute atomic E-state index is 0.0239. The summed E-state index contributed by atoms with van der Waals surface area (Å²) in [6.45, 7) is 4.90. The Hall–Kier alpha value is -2.53. The molecule has 1 aliphatic heterocycles. The Bertz CT molecular complexity index is 664. The third-order valence-electron chi connectivity index (χ3n) is 4.47. The van der Waals surface area contributed by atoms with Crippen LogP contribution in [0.2, 0.25) is 0 Å². The van der Waals surface area contributed by atoms with Gasteiger partial charge in [-0.3, -0.25) is 4.79 Å². The number of carbonyl (C=O) groups excluding carboxylic acids is 1. The molecule has 0 aromatic heterocycles. The highest BCUT2D eigenvalue weighted by atomic mass is 16.1. The van der Waals surface area contributed by atoms with Gasteiger partial charge in [0.2, 0.25) is 5.91 Å². The fraction of sp³-hybridized carbons (Fsp3) is 0.350. The van der Waals surface area contributed by atoms with Crippen molar-refractivity contribution in [3.05, 3.63) is 54.6 Å². The minimum Gasteiger partial charge on any atom is -0.385 e. The van der Waals surface area contributed by atoms with E-state index < -0.39 is 0 Å². The number of hydrogen-bond acceptors (Lipinski definition) is 4. The number of hydrogen-bond donors (Lipinski definition) is 2. The maximum atomic E-state index is 12.1. The quantitative estimate of drug-likeness (QED) is 0.850. The molecule has 1 amide bonds. The largest absolute Gasteiger partial charge is 0.385 e. The van der Waals surface area contributed by atoms with Crippen molar-refractivity contribution in [2.45, 2.75) is 6.42 Å². The molecule has 0 saturated carbocycles. The highest BCUT2D eigenvalue weighted by Crippen LogP contribution is 2.19. The van der Waals surface area contributed by atoms with Crippen molar-refractivity contribution in [1.29, 1.82) is 0 Å². The van der Waals surface area contributed by atoms with Crippen molar-refractivity contribution in [2.75, 3.05) is 55.3 Å². The molecule has 0 radical (unpaired) electrons. The zero-order valence-electron chi connectivity index (χ0n) is 14.7. The Morgan fingerprint density at radius 1 is 0.920 bits per heavy atom. The number of benzene rings is 2. The van der Waals surface area contributed by atoms with Gasteiger partial charge in [0, 0.05) is 56.2 Å². The van der Waals surface area contributed by atoms with E-state index in [1.165, 1.54) is 5.69 Å². The van der Waals surface area contributed by atoms with E-state index in [0.29, 0.717) is 13.0 Å². The number of anilines is 3. The normalized spacial score (nSPS) is 15.0. The summed E-state index contributed by atoms with van der Waals surface area (Å²) in [4.78, 5) is 16.8. The Morgan fingerprint density at radius 3 is 2.28 bits per heavy atom. The van der Waals surface area contributed by atoms with E-state index in [1.54, 1.807) is 0 Å². The Labute approximate surface area is 149 Å². The van der Waals surface area contributed by atoms with Crippen molar-refractivity contribution in [3.63, 3.8) is 0 Å². The first-order valence-electron chi connectivity index (χ1n) is 8.83. The van der Waals surface area contributed by atoms with E-state index in [9.17, 15) is 4.79 Å². The highest BCUT2D eigenvalue weighted by molar-refractivity contribution is 5.91. The predicted molar refractivity (Wildman–Crippen MR) is 104 cm³/mol. The van der Waals surface area contributed by atoms with E-state index in [0.717, 1.165) is 37.6 Å². The molecule has 0 spiro atoms. The van der Waals surface area contributed by atoms with Gasteiger partial charge in [0.1, 0.15) is 0 Å². The summed E-state index contributed by atoms with van der Waals surface area (Å²) in [5, 5.41) is 6.21. The van der Waals surface area contributed by atoms with Crippen LogP contribution in [0.5, 0.6) is 0 Å². The van der Waals surface area contributed by atoms with Gasteiger partial charge in [-0.25, -0.2) is 0 Å². The Morgan fingerprint density at radius 2 is 1.60 bits per heavy atom. The zero-order valence-corrected chi connectivity index (χ0v) is 14.7. The van der Waals surface area contributed by atoms with Crippen LogP contribution >= 0.6 is 0 Å². The molecule has 2 aromatic carbocycles. The average Bonchev–Trinajstić information content (AvgIpc) is 2.64. The van der Waals surface area contributed by atoms with Gasteiger partial charge in [0.15, 0.2) is 0 Å². The fourth-order valence-electron chi connectivity index (χ4n) is 2.92. The first kappa shape index (κ1) is 17.3. The van der Waals surface area contributed by atoms with Crippen LogP contribution in [0.1, 0.15) is 6.42 Å². The second kappa shape index (κ2) is 8.53. The Balaban J connectivity index is 1.44. The second-order valence-electron chi connectivity index (χ2n) is 6.43. The van der Waals surface area contributed by atoms with E-state index in [-0.39, 0.29) is 5.91 Å². The SMILES string of the molecule is CN1CCN(c2ccc(NC(=O)CCNc3ccccc3)cc2)CC1. The van der Waals surface area contributed by atoms with Gasteiger partial charge in [0.05, 0.1) is 0 Å². The number of amides is 1. The van der Waals surface area contributed by atoms with Crippen LogP contribution in [0, 0.1) is 0 Å². The van der Waals surface area contributed by atoms with Gasteiger partial charge in [-0.2, -0.15) is 0 Å². The predicted octanol–water partition coefficient (Wildman–Crippen LogP) is 2.88. The maximum Gasteiger partial charge on any atom is 0.226 e. The first-order chi connectivity index (χ1) is 12.2. The standard InChI is InChI=1S/C20H26N4O/c1-23-13-15-24(16-14-23)19-9-7-18(8-10-19)22-20(25)11-12-21-17-5-3-2-4-6-17/h2-10,21H,11-16H2,1H3,(H,22,25). The van der Waals surface area contributed by atoms with Gasteiger partial charge >= 0.3 is 0 Å². The molecule has 2 aromatic rings. The lowest BCUT2D eigenvalue weighted by Crippen LogP contribution is -2.44. The number of carbonyl (C=O) groups is 1. The third-order valence-corrected chi connectivity index (χ3v) is 4.47. The summed E-state index contributed by atoms with van der Waals surface area (Å²) in [6.07, 6.45) is 0.440. The van der Waals surface area contributed by atoms with Crippen molar-refractivity contribution in [1.82, 2.24) is 4.90 Å². The molecule has 1 aliphatic rings. The average molecular weight is 338 g/mol. The van der Waals surface area contributed by atoms with E-state index >= 15 is 0 Å². The third kappa shape index (κ3) is 5.22. The smallest absolute Gasteiger partial charge is 0.226 e. The number of nitrogens with zero attached hydrogens (tertiary/aromatic N) is 2. The van der Waals surface area contributed by atoms with Crippen LogP contribution in [0.3, 0.4) is 0 Å². The number of para-hydroxylation sites is 1. The van der Waals surface area contributed by atoms with Gasteiger partial charge in [-0.1, -0.05) is 18.2 Å². The second-order valence-corrected chi connectivity index (χ2v) is 6.43. The van der Waals surface area contributed by atoms with Crippen molar-refractivity contribution in [3.8, 4) is 0 Å². The molecule has 0 atom stereocenters. The lowest BCUT2D eigenvalue weighted by molar-refractivity contribution is -0.115. The van der Waals surface area contributed by atoms with Crippen LogP contribution < -0.4 is 15.5 Å². The highest BCUT2D eigenvalue weighted by Gasteiger charge is 2.14. The van der Waals surface area contributed by atoms with Crippen molar-refractivity contribution in [2.24, 2.45) is 0 Å². The number of rotatable bonds is 6. The maximum absolute atomic E-state index is 12.1. The molecule has 1 heterocycles. The summed E-state index contributed by atoms with van der Waals surface area (Å²) in [6, 6.07) is 18.1. The molecule has 0 bridgehead atoms. The summed E-state index contributed by atoms with van der Waals surface area (Å²) in [5.41, 5.74) is 3.10. The van der Waals surface area contributed by atoms with Gasteiger partial charge in [0.25, 0.3) is 0 Å². The van der Waals surface area contributed by atoms with Crippen LogP contribution in [-0.2, 0) is 4.79 Å². The summed E-state index contributed by atoms with van der Waals surface area (Å²) >= 11 is 0. The van der Waals surface area contributed by atoms with Crippen molar-refractivity contribution < 1.29 is 4.79 Å². The molecule has 3 rings (SSSR count). The topological polar surface area (TPSA) is 47.6 Å². The molecule has 132 valence electrons. The van der Waals surface area contributed by atoms with Gasteiger partial charge in [-0.05, 0) is 43.4 Å². The number of nitrogens with one attached hydrogen (secondary N) is 2. The molecule has 2 N–H and O–H groups in total. The van der Waals surface area contributed by atoms with Crippen LogP contribution in [0.15, 0.2) is 54.6 Å². The monoisotopic (exact) mass is 338 g/mol. The molecule has 1 fully saturated rings. The molecule has 0 unspecified atom stereocenters. The van der Waals surface area contributed by atoms with Crippen LogP contribution in [0.25, 0.3) is 0 Å². The fourth-order valence-corrected chi connectivity index (χ4v) is 2.92. The van der Waals surface area contributed by atoms with Crippen LogP contribution in [0.4, 0.5) is 17.1 Å². The number of piperazine rings is 1. The molecular weight excluding hydrogens is 312 g/mol. The van der Waals surface area contributed by atoms with E-state index in [2.05, 4.69) is 39.6 Å². The molecule has 1 saturated heterocycles. The molecule has 25 heavy (non-hydrogen) atoms.